The lowest BCUT2D eigenvalue weighted by molar-refractivity contribution is 0.0696. The molecule has 0 saturated carbocycles. The van der Waals surface area contributed by atoms with Gasteiger partial charge in [0.1, 0.15) is 11.3 Å². The van der Waals surface area contributed by atoms with Crippen molar-refractivity contribution in [2.45, 2.75) is 0 Å². The number of hydrogen-bond donors (Lipinski definition) is 2. The number of ether oxygens (including phenoxy) is 1. The second-order valence-electron chi connectivity index (χ2n) is 4.73. The van der Waals surface area contributed by atoms with Crippen LogP contribution < -0.4 is 4.74 Å². The Morgan fingerprint density at radius 1 is 1.17 bits per heavy atom. The zero-order valence-electron chi connectivity index (χ0n) is 11.3. The number of carbonyl (C=O) groups is 2. The van der Waals surface area contributed by atoms with Gasteiger partial charge in [0.25, 0.3) is 0 Å². The van der Waals surface area contributed by atoms with Crippen molar-refractivity contribution < 1.29 is 24.5 Å². The predicted molar refractivity (Wildman–Crippen MR) is 89.8 cm³/mol. The van der Waals surface area contributed by atoms with Crippen LogP contribution in [0.25, 0.3) is 6.08 Å². The summed E-state index contributed by atoms with van der Waals surface area (Å²) in [7, 11) is 0. The summed E-state index contributed by atoms with van der Waals surface area (Å²) in [5, 5.41) is 19.2. The number of ketones is 1. The highest BCUT2D eigenvalue weighted by atomic mass is 79.9. The maximum absolute atomic E-state index is 12.5. The van der Waals surface area contributed by atoms with Crippen LogP contribution in [0.1, 0.15) is 26.3 Å². The van der Waals surface area contributed by atoms with Crippen molar-refractivity contribution in [2.24, 2.45) is 0 Å². The van der Waals surface area contributed by atoms with Gasteiger partial charge in [0.15, 0.2) is 11.5 Å². The number of benzene rings is 2. The van der Waals surface area contributed by atoms with Crippen LogP contribution in [0.5, 0.6) is 11.5 Å². The minimum absolute atomic E-state index is 0.0327. The largest absolute Gasteiger partial charge is 0.506 e. The molecule has 1 aliphatic rings. The molecule has 2 N–H and O–H groups in total. The van der Waals surface area contributed by atoms with Gasteiger partial charge < -0.3 is 14.9 Å². The van der Waals surface area contributed by atoms with E-state index in [4.69, 9.17) is 4.74 Å². The first-order valence-electron chi connectivity index (χ1n) is 6.37. The molecule has 1 heterocycles. The Balaban J connectivity index is 2.12. The van der Waals surface area contributed by atoms with E-state index in [-0.39, 0.29) is 28.4 Å². The molecule has 1 aliphatic heterocycles. The van der Waals surface area contributed by atoms with Gasteiger partial charge in [-0.15, -0.1) is 0 Å². The molecule has 0 spiro atoms. The van der Waals surface area contributed by atoms with Crippen molar-refractivity contribution in [1.82, 2.24) is 0 Å². The Bertz CT molecular complexity index is 886. The SMILES string of the molecule is O=C(O)c1ccccc1/C=C1\Oc2c(Br)cc(Br)c(O)c2C1=O. The highest BCUT2D eigenvalue weighted by molar-refractivity contribution is 9.11. The maximum atomic E-state index is 12.5. The van der Waals surface area contributed by atoms with Crippen LogP contribution in [-0.4, -0.2) is 22.0 Å². The van der Waals surface area contributed by atoms with E-state index in [0.717, 1.165) is 0 Å². The Hall–Kier alpha value is -2.12. The molecule has 0 radical (unpaired) electrons. The number of carboxylic acids is 1. The molecular weight excluding hydrogens is 432 g/mol. The van der Waals surface area contributed by atoms with E-state index in [1.165, 1.54) is 12.1 Å². The van der Waals surface area contributed by atoms with Crippen LogP contribution in [0.15, 0.2) is 45.0 Å². The van der Waals surface area contributed by atoms with E-state index in [1.54, 1.807) is 24.3 Å². The first-order valence-corrected chi connectivity index (χ1v) is 7.96. The number of phenols is 1. The number of rotatable bonds is 2. The zero-order valence-corrected chi connectivity index (χ0v) is 14.5. The Kier molecular flexibility index (Phi) is 3.99. The lowest BCUT2D eigenvalue weighted by Gasteiger charge is -2.04. The molecule has 0 amide bonds. The lowest BCUT2D eigenvalue weighted by atomic mass is 10.0. The minimum Gasteiger partial charge on any atom is -0.506 e. The van der Waals surface area contributed by atoms with Crippen LogP contribution in [0.2, 0.25) is 0 Å². The van der Waals surface area contributed by atoms with Gasteiger partial charge >= 0.3 is 5.97 Å². The van der Waals surface area contributed by atoms with Crippen molar-refractivity contribution in [3.63, 3.8) is 0 Å². The van der Waals surface area contributed by atoms with Gasteiger partial charge in [0.05, 0.1) is 14.5 Å². The molecule has 116 valence electrons. The van der Waals surface area contributed by atoms with Gasteiger partial charge in [0.2, 0.25) is 5.78 Å². The molecule has 0 fully saturated rings. The van der Waals surface area contributed by atoms with Crippen molar-refractivity contribution in [1.29, 1.82) is 0 Å². The Labute approximate surface area is 147 Å². The van der Waals surface area contributed by atoms with E-state index in [0.29, 0.717) is 14.5 Å². The van der Waals surface area contributed by atoms with Gasteiger partial charge in [0, 0.05) is 0 Å². The van der Waals surface area contributed by atoms with E-state index >= 15 is 0 Å². The molecule has 0 aliphatic carbocycles. The van der Waals surface area contributed by atoms with E-state index in [9.17, 15) is 19.8 Å². The third kappa shape index (κ3) is 2.66. The van der Waals surface area contributed by atoms with Crippen LogP contribution in [0.3, 0.4) is 0 Å². The first-order chi connectivity index (χ1) is 10.9. The fraction of sp³-hybridized carbons (Fsp3) is 0. The minimum atomic E-state index is -1.10. The second-order valence-corrected chi connectivity index (χ2v) is 6.43. The first kappa shape index (κ1) is 15.8. The number of aromatic hydroxyl groups is 1. The number of fused-ring (bicyclic) bond motifs is 1. The molecule has 2 aromatic carbocycles. The average molecular weight is 440 g/mol. The molecule has 0 saturated heterocycles. The summed E-state index contributed by atoms with van der Waals surface area (Å²) < 4.78 is 6.37. The number of carboxylic acid groups (broad SMARTS) is 1. The van der Waals surface area contributed by atoms with E-state index in [1.807, 2.05) is 0 Å². The summed E-state index contributed by atoms with van der Waals surface area (Å²) in [6.45, 7) is 0. The number of allylic oxidation sites excluding steroid dienone is 1. The number of carbonyl (C=O) groups excluding carboxylic acids is 1. The van der Waals surface area contributed by atoms with Crippen molar-refractivity contribution >= 4 is 49.7 Å². The van der Waals surface area contributed by atoms with Gasteiger partial charge in [-0.1, -0.05) is 18.2 Å². The number of phenolic OH excluding ortho intramolecular Hbond substituents is 1. The standard InChI is InChI=1S/C16H8Br2O5/c17-9-6-10(18)15-12(13(9)19)14(20)11(23-15)5-7-3-1-2-4-8(7)16(21)22/h1-6,19H,(H,21,22)/b11-5-. The monoisotopic (exact) mass is 438 g/mol. The molecule has 23 heavy (non-hydrogen) atoms. The predicted octanol–water partition coefficient (Wildman–Crippen LogP) is 4.23. The summed E-state index contributed by atoms with van der Waals surface area (Å²) in [5.74, 6) is -1.69. The molecule has 0 unspecified atom stereocenters. The van der Waals surface area contributed by atoms with Gasteiger partial charge in [-0.2, -0.15) is 0 Å². The lowest BCUT2D eigenvalue weighted by Crippen LogP contribution is -2.02. The second kappa shape index (κ2) is 5.82. The number of hydrogen-bond acceptors (Lipinski definition) is 4. The Morgan fingerprint density at radius 2 is 1.87 bits per heavy atom. The van der Waals surface area contributed by atoms with Crippen molar-refractivity contribution in [3.8, 4) is 11.5 Å². The van der Waals surface area contributed by atoms with Crippen molar-refractivity contribution in [3.05, 3.63) is 61.7 Å². The Morgan fingerprint density at radius 3 is 2.57 bits per heavy atom. The number of halogens is 2. The van der Waals surface area contributed by atoms with E-state index in [2.05, 4.69) is 31.9 Å². The van der Waals surface area contributed by atoms with Crippen LogP contribution in [-0.2, 0) is 0 Å². The quantitative estimate of drug-likeness (QED) is 0.684. The van der Waals surface area contributed by atoms with Crippen LogP contribution in [0, 0.1) is 0 Å². The normalized spacial score (nSPS) is 14.7. The maximum Gasteiger partial charge on any atom is 0.336 e. The molecular formula is C16H8Br2O5. The van der Waals surface area contributed by atoms with E-state index < -0.39 is 11.8 Å². The fourth-order valence-corrected chi connectivity index (χ4v) is 3.48. The molecule has 7 heteroatoms. The van der Waals surface area contributed by atoms with Crippen LogP contribution >= 0.6 is 31.9 Å². The smallest absolute Gasteiger partial charge is 0.336 e. The third-order valence-corrected chi connectivity index (χ3v) is 4.49. The molecule has 3 rings (SSSR count). The molecule has 2 aromatic rings. The third-order valence-electron chi connectivity index (χ3n) is 3.30. The van der Waals surface area contributed by atoms with Crippen molar-refractivity contribution in [2.75, 3.05) is 0 Å². The summed E-state index contributed by atoms with van der Waals surface area (Å²) >= 11 is 6.43. The highest BCUT2D eigenvalue weighted by Crippen LogP contribution is 2.46. The zero-order chi connectivity index (χ0) is 16.7. The van der Waals surface area contributed by atoms with Gasteiger partial charge in [-0.3, -0.25) is 4.79 Å². The topological polar surface area (TPSA) is 83.8 Å². The summed E-state index contributed by atoms with van der Waals surface area (Å²) in [6, 6.07) is 7.83. The fourth-order valence-electron chi connectivity index (χ4n) is 2.24. The summed E-state index contributed by atoms with van der Waals surface area (Å²) in [5.41, 5.74) is 0.424. The molecule has 0 bridgehead atoms. The number of aromatic carboxylic acids is 1. The van der Waals surface area contributed by atoms with Gasteiger partial charge in [-0.05, 0) is 55.6 Å². The summed E-state index contributed by atoms with van der Waals surface area (Å²) in [6.07, 6.45) is 1.35. The average Bonchev–Trinajstić information content (AvgIpc) is 2.83. The molecule has 0 atom stereocenters. The molecule has 5 nitrogen and oxygen atoms in total. The highest BCUT2D eigenvalue weighted by Gasteiger charge is 2.34. The van der Waals surface area contributed by atoms with Gasteiger partial charge in [-0.25, -0.2) is 4.79 Å². The summed E-state index contributed by atoms with van der Waals surface area (Å²) in [4.78, 5) is 23.7. The molecule has 0 aromatic heterocycles. The number of Topliss-reactive ketones (excluding diaryl/α,β-unsaturated/α-hetero) is 1. The van der Waals surface area contributed by atoms with Crippen LogP contribution in [0.4, 0.5) is 0 Å².